The highest BCUT2D eigenvalue weighted by atomic mass is 19.1. The van der Waals surface area contributed by atoms with Gasteiger partial charge in [-0.05, 0) is 29.8 Å². The molecule has 4 nitrogen and oxygen atoms in total. The summed E-state index contributed by atoms with van der Waals surface area (Å²) in [6, 6.07) is 14.6. The van der Waals surface area contributed by atoms with E-state index in [1.54, 1.807) is 42.5 Å². The number of carboxylic acids is 1. The Morgan fingerprint density at radius 3 is 2.64 bits per heavy atom. The van der Waals surface area contributed by atoms with Crippen LogP contribution in [0.3, 0.4) is 0 Å². The quantitative estimate of drug-likeness (QED) is 0.573. The smallest absolute Gasteiger partial charge is 0.336 e. The minimum absolute atomic E-state index is 0.0883. The van der Waals surface area contributed by atoms with Crippen LogP contribution in [0.5, 0.6) is 0 Å². The van der Waals surface area contributed by atoms with Gasteiger partial charge in [0.25, 0.3) is 0 Å². The molecule has 0 unspecified atom stereocenters. The molecule has 0 spiro atoms. The number of aromatic carboxylic acids is 1. The lowest BCUT2D eigenvalue weighted by molar-refractivity contribution is 0.0697. The molecular weight excluding hydrogens is 321 g/mol. The van der Waals surface area contributed by atoms with Crippen LogP contribution >= 0.6 is 0 Å². The number of rotatable bonds is 3. The van der Waals surface area contributed by atoms with Crippen molar-refractivity contribution in [3.8, 4) is 22.3 Å². The number of hydrogen-bond donors (Lipinski definition) is 1. The number of aromatic nitrogens is 1. The fourth-order valence-corrected chi connectivity index (χ4v) is 2.94. The van der Waals surface area contributed by atoms with Crippen molar-refractivity contribution in [1.29, 1.82) is 0 Å². The van der Waals surface area contributed by atoms with Crippen molar-refractivity contribution >= 4 is 17.1 Å². The third-order valence-corrected chi connectivity index (χ3v) is 4.05. The summed E-state index contributed by atoms with van der Waals surface area (Å²) in [5, 5.41) is 10.4. The summed E-state index contributed by atoms with van der Waals surface area (Å²) in [5.41, 5.74) is 2.41. The summed E-state index contributed by atoms with van der Waals surface area (Å²) >= 11 is 0. The average molecular weight is 333 g/mol. The molecule has 0 saturated carbocycles. The van der Waals surface area contributed by atoms with Gasteiger partial charge in [-0.25, -0.2) is 14.2 Å². The van der Waals surface area contributed by atoms with Gasteiger partial charge in [-0.3, -0.25) is 0 Å². The van der Waals surface area contributed by atoms with Gasteiger partial charge in [-0.15, -0.1) is 0 Å². The van der Waals surface area contributed by atoms with E-state index < -0.39 is 11.8 Å². The van der Waals surface area contributed by atoms with Crippen LogP contribution in [0.1, 0.15) is 10.4 Å². The topological polar surface area (TPSA) is 63.3 Å². The number of hydrogen-bond acceptors (Lipinski definition) is 3. The number of nitrogens with zero attached hydrogens (tertiary/aromatic N) is 1. The Labute approximate surface area is 142 Å². The van der Waals surface area contributed by atoms with Crippen LogP contribution in [0.15, 0.2) is 71.5 Å². The third kappa shape index (κ3) is 2.55. The molecule has 25 heavy (non-hydrogen) atoms. The summed E-state index contributed by atoms with van der Waals surface area (Å²) < 4.78 is 19.6. The van der Waals surface area contributed by atoms with Gasteiger partial charge in [0.1, 0.15) is 5.82 Å². The highest BCUT2D eigenvalue weighted by Crippen LogP contribution is 2.37. The molecule has 0 atom stereocenters. The zero-order valence-electron chi connectivity index (χ0n) is 12.9. The number of pyridine rings is 1. The highest BCUT2D eigenvalue weighted by Gasteiger charge is 2.19. The Bertz CT molecular complexity index is 1100. The van der Waals surface area contributed by atoms with Crippen molar-refractivity contribution < 1.29 is 18.7 Å². The van der Waals surface area contributed by atoms with Crippen molar-refractivity contribution in [2.45, 2.75) is 0 Å². The zero-order valence-corrected chi connectivity index (χ0v) is 12.9. The van der Waals surface area contributed by atoms with Gasteiger partial charge in [0, 0.05) is 28.3 Å². The molecule has 2 heterocycles. The Morgan fingerprint density at radius 1 is 1.04 bits per heavy atom. The fraction of sp³-hybridized carbons (Fsp3) is 0. The average Bonchev–Trinajstić information content (AvgIpc) is 3.09. The lowest BCUT2D eigenvalue weighted by Gasteiger charge is -2.14. The number of carbonyl (C=O) groups is 1. The maximum absolute atomic E-state index is 14.3. The van der Waals surface area contributed by atoms with Gasteiger partial charge in [-0.2, -0.15) is 0 Å². The largest absolute Gasteiger partial charge is 0.478 e. The SMILES string of the molecule is O=C(O)c1cccc(-c2ccccc2F)c1-c1cnc2occc2c1. The summed E-state index contributed by atoms with van der Waals surface area (Å²) in [5.74, 6) is -1.50. The molecular formula is C20H12FNO3. The monoisotopic (exact) mass is 333 g/mol. The Kier molecular flexibility index (Phi) is 3.54. The van der Waals surface area contributed by atoms with E-state index in [-0.39, 0.29) is 5.56 Å². The van der Waals surface area contributed by atoms with Gasteiger partial charge in [0.2, 0.25) is 5.71 Å². The van der Waals surface area contributed by atoms with Crippen LogP contribution in [0.2, 0.25) is 0 Å². The molecule has 0 radical (unpaired) electrons. The standard InChI is InChI=1S/C20H12FNO3/c21-17-7-2-1-4-14(17)15-5-3-6-16(20(23)24)18(15)13-10-12-8-9-25-19(12)22-11-13/h1-11H,(H,23,24). The lowest BCUT2D eigenvalue weighted by Crippen LogP contribution is -2.02. The van der Waals surface area contributed by atoms with E-state index in [9.17, 15) is 14.3 Å². The van der Waals surface area contributed by atoms with Gasteiger partial charge >= 0.3 is 5.97 Å². The van der Waals surface area contributed by atoms with E-state index in [0.29, 0.717) is 28.0 Å². The third-order valence-electron chi connectivity index (χ3n) is 4.05. The number of benzene rings is 2. The second-order valence-electron chi connectivity index (χ2n) is 5.55. The summed E-state index contributed by atoms with van der Waals surface area (Å²) in [7, 11) is 0. The fourth-order valence-electron chi connectivity index (χ4n) is 2.94. The first-order valence-corrected chi connectivity index (χ1v) is 7.60. The number of fused-ring (bicyclic) bond motifs is 1. The Balaban J connectivity index is 2.05. The van der Waals surface area contributed by atoms with Crippen LogP contribution in [0.25, 0.3) is 33.4 Å². The Morgan fingerprint density at radius 2 is 1.84 bits per heavy atom. The van der Waals surface area contributed by atoms with E-state index in [0.717, 1.165) is 5.39 Å². The maximum atomic E-state index is 14.3. The summed E-state index contributed by atoms with van der Waals surface area (Å²) in [4.78, 5) is 16.0. The van der Waals surface area contributed by atoms with Crippen LogP contribution in [0, 0.1) is 5.82 Å². The normalized spacial score (nSPS) is 10.9. The van der Waals surface area contributed by atoms with Gasteiger partial charge in [0.05, 0.1) is 11.8 Å². The molecule has 0 aliphatic carbocycles. The van der Waals surface area contributed by atoms with Crippen molar-refractivity contribution in [3.05, 3.63) is 78.4 Å². The van der Waals surface area contributed by atoms with Crippen LogP contribution in [-0.2, 0) is 0 Å². The van der Waals surface area contributed by atoms with E-state index >= 15 is 0 Å². The molecule has 0 aliphatic rings. The zero-order chi connectivity index (χ0) is 17.4. The van der Waals surface area contributed by atoms with Crippen LogP contribution < -0.4 is 0 Å². The number of halogens is 1. The van der Waals surface area contributed by atoms with E-state index in [1.807, 2.05) is 0 Å². The first-order chi connectivity index (χ1) is 12.1. The van der Waals surface area contributed by atoms with Crippen molar-refractivity contribution in [2.75, 3.05) is 0 Å². The van der Waals surface area contributed by atoms with Gasteiger partial charge in [0.15, 0.2) is 0 Å². The molecule has 4 aromatic rings. The number of carboxylic acid groups (broad SMARTS) is 1. The van der Waals surface area contributed by atoms with Gasteiger partial charge in [-0.1, -0.05) is 30.3 Å². The molecule has 2 aromatic carbocycles. The van der Waals surface area contributed by atoms with E-state index in [2.05, 4.69) is 4.98 Å². The second-order valence-corrected chi connectivity index (χ2v) is 5.55. The predicted octanol–water partition coefficient (Wildman–Crippen LogP) is 5.00. The molecule has 0 aliphatic heterocycles. The lowest BCUT2D eigenvalue weighted by atomic mass is 9.90. The minimum atomic E-state index is -1.08. The molecule has 4 rings (SSSR count). The summed E-state index contributed by atoms with van der Waals surface area (Å²) in [6.45, 7) is 0. The molecule has 0 fully saturated rings. The van der Waals surface area contributed by atoms with Crippen LogP contribution in [0.4, 0.5) is 4.39 Å². The first kappa shape index (κ1) is 15.1. The van der Waals surface area contributed by atoms with Crippen molar-refractivity contribution in [2.24, 2.45) is 0 Å². The highest BCUT2D eigenvalue weighted by molar-refractivity contribution is 6.02. The molecule has 5 heteroatoms. The first-order valence-electron chi connectivity index (χ1n) is 7.60. The van der Waals surface area contributed by atoms with Crippen LogP contribution in [-0.4, -0.2) is 16.1 Å². The molecule has 0 bridgehead atoms. The molecule has 0 saturated heterocycles. The van der Waals surface area contributed by atoms with Crippen molar-refractivity contribution in [3.63, 3.8) is 0 Å². The molecule has 122 valence electrons. The molecule has 2 aromatic heterocycles. The number of furan rings is 1. The minimum Gasteiger partial charge on any atom is -0.478 e. The van der Waals surface area contributed by atoms with Crippen molar-refractivity contribution in [1.82, 2.24) is 4.98 Å². The van der Waals surface area contributed by atoms with E-state index in [1.165, 1.54) is 24.6 Å². The summed E-state index contributed by atoms with van der Waals surface area (Å²) in [6.07, 6.45) is 3.06. The molecule has 1 N–H and O–H groups in total. The Hall–Kier alpha value is -3.47. The molecule has 0 amide bonds. The second kappa shape index (κ2) is 5.87. The van der Waals surface area contributed by atoms with E-state index in [4.69, 9.17) is 4.42 Å². The van der Waals surface area contributed by atoms with Gasteiger partial charge < -0.3 is 9.52 Å². The maximum Gasteiger partial charge on any atom is 0.336 e. The predicted molar refractivity (Wildman–Crippen MR) is 91.8 cm³/mol.